The Bertz CT molecular complexity index is 725. The summed E-state index contributed by atoms with van der Waals surface area (Å²) in [6, 6.07) is 6.75. The molecular weight excluding hydrogens is 324 g/mol. The lowest BCUT2D eigenvalue weighted by Crippen LogP contribution is -2.22. The number of rotatable bonds is 6. The molecule has 0 fully saturated rings. The van der Waals surface area contributed by atoms with E-state index in [0.29, 0.717) is 11.5 Å². The fourth-order valence-corrected chi connectivity index (χ4v) is 2.00. The first-order chi connectivity index (χ1) is 11.4. The van der Waals surface area contributed by atoms with Crippen molar-refractivity contribution >= 4 is 11.9 Å². The SMILES string of the molecule is COC(=O)c1cc(CNC(=O)c2ccc(OC(F)F)cc2)oc1C. The minimum absolute atomic E-state index is 0.0362. The number of amides is 1. The van der Waals surface area contributed by atoms with Gasteiger partial charge in [0.15, 0.2) is 0 Å². The van der Waals surface area contributed by atoms with Gasteiger partial charge in [-0.05, 0) is 37.3 Å². The second-order valence-corrected chi connectivity index (χ2v) is 4.76. The summed E-state index contributed by atoms with van der Waals surface area (Å²) in [5.41, 5.74) is 0.559. The second-order valence-electron chi connectivity index (χ2n) is 4.76. The number of benzene rings is 1. The Morgan fingerprint density at radius 1 is 1.25 bits per heavy atom. The summed E-state index contributed by atoms with van der Waals surface area (Å²) < 4.78 is 38.3. The van der Waals surface area contributed by atoms with Crippen LogP contribution >= 0.6 is 0 Å². The first-order valence-electron chi connectivity index (χ1n) is 6.91. The van der Waals surface area contributed by atoms with Crippen LogP contribution in [-0.2, 0) is 11.3 Å². The third kappa shape index (κ3) is 4.31. The molecule has 0 aliphatic heterocycles. The van der Waals surface area contributed by atoms with Gasteiger partial charge in [0.1, 0.15) is 22.8 Å². The van der Waals surface area contributed by atoms with Gasteiger partial charge in [-0.1, -0.05) is 0 Å². The highest BCUT2D eigenvalue weighted by Crippen LogP contribution is 2.17. The lowest BCUT2D eigenvalue weighted by molar-refractivity contribution is -0.0498. The normalized spacial score (nSPS) is 10.5. The van der Waals surface area contributed by atoms with Gasteiger partial charge in [-0.25, -0.2) is 4.79 Å². The highest BCUT2D eigenvalue weighted by atomic mass is 19.3. The molecule has 0 aliphatic carbocycles. The number of aryl methyl sites for hydroxylation is 1. The van der Waals surface area contributed by atoms with Crippen molar-refractivity contribution in [2.75, 3.05) is 7.11 Å². The summed E-state index contributed by atoms with van der Waals surface area (Å²) in [7, 11) is 1.26. The summed E-state index contributed by atoms with van der Waals surface area (Å²) >= 11 is 0. The van der Waals surface area contributed by atoms with Gasteiger partial charge in [0, 0.05) is 5.56 Å². The van der Waals surface area contributed by atoms with E-state index >= 15 is 0 Å². The average Bonchev–Trinajstić information content (AvgIpc) is 2.93. The Kier molecular flexibility index (Phi) is 5.51. The monoisotopic (exact) mass is 339 g/mol. The molecule has 0 bridgehead atoms. The number of hydrogen-bond acceptors (Lipinski definition) is 5. The molecule has 1 heterocycles. The molecule has 0 unspecified atom stereocenters. The lowest BCUT2D eigenvalue weighted by Gasteiger charge is -2.06. The van der Waals surface area contributed by atoms with Crippen LogP contribution < -0.4 is 10.1 Å². The zero-order valence-electron chi connectivity index (χ0n) is 13.0. The van der Waals surface area contributed by atoms with Gasteiger partial charge >= 0.3 is 12.6 Å². The van der Waals surface area contributed by atoms with Gasteiger partial charge in [0.2, 0.25) is 0 Å². The maximum absolute atomic E-state index is 12.1. The lowest BCUT2D eigenvalue weighted by atomic mass is 10.2. The molecule has 128 valence electrons. The number of nitrogens with one attached hydrogen (secondary N) is 1. The van der Waals surface area contributed by atoms with Crippen molar-refractivity contribution in [2.45, 2.75) is 20.1 Å². The van der Waals surface area contributed by atoms with E-state index in [-0.39, 0.29) is 23.4 Å². The second kappa shape index (κ2) is 7.58. The van der Waals surface area contributed by atoms with Crippen LogP contribution in [-0.4, -0.2) is 25.6 Å². The number of methoxy groups -OCH3 is 1. The number of halogens is 2. The number of alkyl halides is 2. The molecule has 1 amide bonds. The Hall–Kier alpha value is -2.90. The number of carbonyl (C=O) groups excluding carboxylic acids is 2. The van der Waals surface area contributed by atoms with Crippen molar-refractivity contribution in [1.29, 1.82) is 0 Å². The van der Waals surface area contributed by atoms with Crippen LogP contribution in [0, 0.1) is 6.92 Å². The van der Waals surface area contributed by atoms with Gasteiger partial charge in [-0.15, -0.1) is 0 Å². The van der Waals surface area contributed by atoms with Crippen molar-refractivity contribution in [3.8, 4) is 5.75 Å². The Balaban J connectivity index is 1.97. The molecule has 0 aliphatic rings. The van der Waals surface area contributed by atoms with Crippen LogP contribution in [0.3, 0.4) is 0 Å². The summed E-state index contributed by atoms with van der Waals surface area (Å²) in [4.78, 5) is 23.5. The number of furan rings is 1. The van der Waals surface area contributed by atoms with E-state index < -0.39 is 18.5 Å². The van der Waals surface area contributed by atoms with E-state index in [9.17, 15) is 18.4 Å². The Morgan fingerprint density at radius 2 is 1.92 bits per heavy atom. The third-order valence-electron chi connectivity index (χ3n) is 3.14. The summed E-state index contributed by atoms with van der Waals surface area (Å²) in [5, 5.41) is 2.60. The smallest absolute Gasteiger partial charge is 0.387 e. The largest absolute Gasteiger partial charge is 0.465 e. The first kappa shape index (κ1) is 17.5. The predicted molar refractivity (Wildman–Crippen MR) is 79.0 cm³/mol. The maximum Gasteiger partial charge on any atom is 0.387 e. The molecule has 0 radical (unpaired) electrons. The van der Waals surface area contributed by atoms with E-state index in [2.05, 4.69) is 14.8 Å². The zero-order chi connectivity index (χ0) is 17.7. The molecule has 8 heteroatoms. The highest BCUT2D eigenvalue weighted by molar-refractivity contribution is 5.94. The van der Waals surface area contributed by atoms with Crippen molar-refractivity contribution < 1.29 is 32.3 Å². The minimum Gasteiger partial charge on any atom is -0.465 e. The molecule has 2 rings (SSSR count). The van der Waals surface area contributed by atoms with Gasteiger partial charge in [-0.3, -0.25) is 4.79 Å². The van der Waals surface area contributed by atoms with Crippen molar-refractivity contribution in [2.24, 2.45) is 0 Å². The van der Waals surface area contributed by atoms with E-state index in [1.54, 1.807) is 6.92 Å². The van der Waals surface area contributed by atoms with E-state index in [0.717, 1.165) is 0 Å². The number of carbonyl (C=O) groups is 2. The molecular formula is C16H15F2NO5. The van der Waals surface area contributed by atoms with Crippen LogP contribution in [0.1, 0.15) is 32.2 Å². The van der Waals surface area contributed by atoms with Gasteiger partial charge < -0.3 is 19.2 Å². The summed E-state index contributed by atoms with van der Waals surface area (Å²) in [5.74, 6) is -0.208. The first-order valence-corrected chi connectivity index (χ1v) is 6.91. The van der Waals surface area contributed by atoms with Crippen LogP contribution in [0.2, 0.25) is 0 Å². The fraction of sp³-hybridized carbons (Fsp3) is 0.250. The number of hydrogen-bond donors (Lipinski definition) is 1. The van der Waals surface area contributed by atoms with Crippen LogP contribution in [0.25, 0.3) is 0 Å². The molecule has 6 nitrogen and oxygen atoms in total. The Labute approximate surface area is 136 Å². The molecule has 0 atom stereocenters. The van der Waals surface area contributed by atoms with E-state index in [4.69, 9.17) is 4.42 Å². The standard InChI is InChI=1S/C16H15F2NO5/c1-9-13(15(21)22-2)7-12(23-9)8-19-14(20)10-3-5-11(6-4-10)24-16(17)18/h3-7,16H,8H2,1-2H3,(H,19,20). The third-order valence-corrected chi connectivity index (χ3v) is 3.14. The highest BCUT2D eigenvalue weighted by Gasteiger charge is 2.16. The van der Waals surface area contributed by atoms with Crippen LogP contribution in [0.15, 0.2) is 34.7 Å². The molecule has 1 N–H and O–H groups in total. The number of ether oxygens (including phenoxy) is 2. The Morgan fingerprint density at radius 3 is 2.50 bits per heavy atom. The minimum atomic E-state index is -2.92. The fourth-order valence-electron chi connectivity index (χ4n) is 2.00. The zero-order valence-corrected chi connectivity index (χ0v) is 13.0. The summed E-state index contributed by atoms with van der Waals surface area (Å²) in [6.07, 6.45) is 0. The van der Waals surface area contributed by atoms with E-state index in [1.807, 2.05) is 0 Å². The van der Waals surface area contributed by atoms with Crippen molar-refractivity contribution in [1.82, 2.24) is 5.32 Å². The van der Waals surface area contributed by atoms with Gasteiger partial charge in [0.25, 0.3) is 5.91 Å². The predicted octanol–water partition coefficient (Wildman–Crippen LogP) is 2.91. The van der Waals surface area contributed by atoms with Crippen molar-refractivity contribution in [3.05, 3.63) is 53.0 Å². The maximum atomic E-state index is 12.1. The summed E-state index contributed by atoms with van der Waals surface area (Å²) in [6.45, 7) is -1.25. The number of esters is 1. The quantitative estimate of drug-likeness (QED) is 0.819. The van der Waals surface area contributed by atoms with Gasteiger partial charge in [-0.2, -0.15) is 8.78 Å². The topological polar surface area (TPSA) is 77.8 Å². The molecule has 2 aromatic rings. The van der Waals surface area contributed by atoms with Crippen LogP contribution in [0.4, 0.5) is 8.78 Å². The molecule has 24 heavy (non-hydrogen) atoms. The van der Waals surface area contributed by atoms with Crippen molar-refractivity contribution in [3.63, 3.8) is 0 Å². The molecule has 0 saturated carbocycles. The molecule has 0 saturated heterocycles. The average molecular weight is 339 g/mol. The van der Waals surface area contributed by atoms with Gasteiger partial charge in [0.05, 0.1) is 13.7 Å². The molecule has 1 aromatic carbocycles. The van der Waals surface area contributed by atoms with Crippen LogP contribution in [0.5, 0.6) is 5.75 Å². The molecule has 0 spiro atoms. The molecule has 1 aromatic heterocycles. The van der Waals surface area contributed by atoms with E-state index in [1.165, 1.54) is 37.4 Å².